The minimum Gasteiger partial charge on any atom is -0.477 e. The van der Waals surface area contributed by atoms with Crippen LogP contribution in [0.3, 0.4) is 0 Å². The highest BCUT2D eigenvalue weighted by molar-refractivity contribution is 7.92. The summed E-state index contributed by atoms with van der Waals surface area (Å²) in [4.78, 5) is 8.17. The molecule has 1 atom stereocenters. The molecule has 27 heavy (non-hydrogen) atoms. The maximum atomic E-state index is 12.7. The fraction of sp³-hybridized carbons (Fsp3) is 0.368. The molecule has 144 valence electrons. The zero-order valence-corrected chi connectivity index (χ0v) is 16.2. The minimum atomic E-state index is -3.53. The van der Waals surface area contributed by atoms with Crippen LogP contribution in [0, 0.1) is 6.92 Å². The first kappa shape index (κ1) is 19.3. The van der Waals surface area contributed by atoms with Crippen molar-refractivity contribution in [3.05, 3.63) is 53.2 Å². The van der Waals surface area contributed by atoms with E-state index >= 15 is 0 Å². The minimum absolute atomic E-state index is 0.264. The molecular weight excluding hydrogens is 366 g/mol. The highest BCUT2D eigenvalue weighted by Gasteiger charge is 2.29. The lowest BCUT2D eigenvalue weighted by atomic mass is 10.1. The number of ether oxygens (including phenoxy) is 2. The van der Waals surface area contributed by atoms with Crippen LogP contribution >= 0.6 is 0 Å². The van der Waals surface area contributed by atoms with Crippen LogP contribution in [0.25, 0.3) is 6.08 Å². The average Bonchev–Trinajstić information content (AvgIpc) is 2.68. The molecule has 0 bridgehead atoms. The average molecular weight is 389 g/mol. The van der Waals surface area contributed by atoms with Gasteiger partial charge in [0.2, 0.25) is 10.0 Å². The molecule has 8 heteroatoms. The van der Waals surface area contributed by atoms with E-state index in [1.807, 2.05) is 31.2 Å². The van der Waals surface area contributed by atoms with Gasteiger partial charge in [-0.2, -0.15) is 4.31 Å². The maximum absolute atomic E-state index is 12.7. The van der Waals surface area contributed by atoms with E-state index in [0.717, 1.165) is 17.5 Å². The number of benzene rings is 1. The Balaban J connectivity index is 1.68. The maximum Gasteiger partial charge on any atom is 0.278 e. The summed E-state index contributed by atoms with van der Waals surface area (Å²) in [6.07, 6.45) is 5.80. The molecule has 0 amide bonds. The van der Waals surface area contributed by atoms with Crippen LogP contribution in [0.4, 0.5) is 0 Å². The smallest absolute Gasteiger partial charge is 0.278 e. The molecule has 0 spiro atoms. The molecule has 0 radical (unpaired) electrons. The fourth-order valence-corrected chi connectivity index (χ4v) is 4.11. The number of sulfonamides is 1. The standard InChI is InChI=1S/C19H23N3O4S/c1-15-5-7-16(8-6-15)9-13-27(23,24)22-12-3-4-17(14-22)26-19-18(25-2)20-10-11-21-19/h5-11,13,17H,3-4,12,14H2,1-2H3/b13-9+. The van der Waals surface area contributed by atoms with Crippen molar-refractivity contribution in [2.75, 3.05) is 20.2 Å². The molecule has 1 unspecified atom stereocenters. The second-order valence-electron chi connectivity index (χ2n) is 6.37. The van der Waals surface area contributed by atoms with Gasteiger partial charge in [0.15, 0.2) is 0 Å². The fourth-order valence-electron chi connectivity index (χ4n) is 2.85. The summed E-state index contributed by atoms with van der Waals surface area (Å²) in [6.45, 7) is 2.72. The topological polar surface area (TPSA) is 81.6 Å². The van der Waals surface area contributed by atoms with Crippen LogP contribution in [-0.4, -0.2) is 49.0 Å². The van der Waals surface area contributed by atoms with Gasteiger partial charge in [-0.25, -0.2) is 18.4 Å². The summed E-state index contributed by atoms with van der Waals surface area (Å²) in [5.74, 6) is 0.566. The van der Waals surface area contributed by atoms with Gasteiger partial charge in [-0.3, -0.25) is 0 Å². The number of hydrogen-bond donors (Lipinski definition) is 0. The van der Waals surface area contributed by atoms with Crippen molar-refractivity contribution >= 4 is 16.1 Å². The van der Waals surface area contributed by atoms with Crippen molar-refractivity contribution in [1.82, 2.24) is 14.3 Å². The van der Waals surface area contributed by atoms with Crippen molar-refractivity contribution in [3.63, 3.8) is 0 Å². The Morgan fingerprint density at radius 3 is 2.56 bits per heavy atom. The number of aryl methyl sites for hydroxylation is 1. The first-order valence-corrected chi connectivity index (χ1v) is 10.2. The molecule has 1 aliphatic rings. The third kappa shape index (κ3) is 5.05. The van der Waals surface area contributed by atoms with E-state index in [1.54, 1.807) is 6.08 Å². The van der Waals surface area contributed by atoms with Crippen LogP contribution in [0.5, 0.6) is 11.8 Å². The summed E-state index contributed by atoms with van der Waals surface area (Å²) in [6, 6.07) is 7.68. The third-order valence-corrected chi connectivity index (χ3v) is 5.85. The van der Waals surface area contributed by atoms with Crippen LogP contribution in [0.1, 0.15) is 24.0 Å². The van der Waals surface area contributed by atoms with E-state index in [0.29, 0.717) is 13.0 Å². The second-order valence-corrected chi connectivity index (χ2v) is 8.19. The van der Waals surface area contributed by atoms with E-state index in [2.05, 4.69) is 9.97 Å². The quantitative estimate of drug-likeness (QED) is 0.755. The van der Waals surface area contributed by atoms with Crippen molar-refractivity contribution in [2.45, 2.75) is 25.9 Å². The molecule has 2 aromatic rings. The van der Waals surface area contributed by atoms with Gasteiger partial charge in [-0.15, -0.1) is 0 Å². The number of aromatic nitrogens is 2. The normalized spacial score (nSPS) is 18.5. The van der Waals surface area contributed by atoms with Gasteiger partial charge in [0.25, 0.3) is 11.8 Å². The van der Waals surface area contributed by atoms with Crippen molar-refractivity contribution in [2.24, 2.45) is 0 Å². The Kier molecular flexibility index (Phi) is 6.08. The molecule has 1 aliphatic heterocycles. The Labute approximate surface area is 159 Å². The Bertz CT molecular complexity index is 897. The van der Waals surface area contributed by atoms with Crippen LogP contribution in [-0.2, 0) is 10.0 Å². The van der Waals surface area contributed by atoms with Gasteiger partial charge in [0.1, 0.15) is 6.10 Å². The van der Waals surface area contributed by atoms with Crippen LogP contribution in [0.2, 0.25) is 0 Å². The Morgan fingerprint density at radius 1 is 1.15 bits per heavy atom. The SMILES string of the molecule is COc1nccnc1OC1CCCN(S(=O)(=O)/C=C/c2ccc(C)cc2)C1. The molecule has 0 saturated carbocycles. The number of nitrogens with zero attached hydrogens (tertiary/aromatic N) is 3. The monoisotopic (exact) mass is 389 g/mol. The molecule has 0 N–H and O–H groups in total. The first-order valence-electron chi connectivity index (χ1n) is 8.74. The molecule has 2 heterocycles. The third-order valence-electron chi connectivity index (χ3n) is 4.32. The Morgan fingerprint density at radius 2 is 1.85 bits per heavy atom. The molecule has 0 aliphatic carbocycles. The van der Waals surface area contributed by atoms with Crippen LogP contribution < -0.4 is 9.47 Å². The molecular formula is C19H23N3O4S. The summed E-state index contributed by atoms with van der Waals surface area (Å²) in [5, 5.41) is 1.25. The predicted molar refractivity (Wildman–Crippen MR) is 103 cm³/mol. The molecule has 1 aromatic carbocycles. The number of piperidine rings is 1. The van der Waals surface area contributed by atoms with Gasteiger partial charge >= 0.3 is 0 Å². The van der Waals surface area contributed by atoms with Gasteiger partial charge in [-0.1, -0.05) is 29.8 Å². The van der Waals surface area contributed by atoms with Crippen molar-refractivity contribution in [3.8, 4) is 11.8 Å². The summed E-state index contributed by atoms with van der Waals surface area (Å²) in [7, 11) is -2.04. The predicted octanol–water partition coefficient (Wildman–Crippen LogP) is 2.64. The van der Waals surface area contributed by atoms with Gasteiger partial charge < -0.3 is 9.47 Å². The zero-order valence-electron chi connectivity index (χ0n) is 15.4. The molecule has 1 fully saturated rings. The second kappa shape index (κ2) is 8.49. The summed E-state index contributed by atoms with van der Waals surface area (Å²) >= 11 is 0. The van der Waals surface area contributed by atoms with E-state index in [9.17, 15) is 8.42 Å². The van der Waals surface area contributed by atoms with E-state index in [-0.39, 0.29) is 24.4 Å². The first-order chi connectivity index (χ1) is 13.0. The van der Waals surface area contributed by atoms with Gasteiger partial charge in [0, 0.05) is 24.3 Å². The van der Waals surface area contributed by atoms with E-state index in [4.69, 9.17) is 9.47 Å². The molecule has 1 saturated heterocycles. The van der Waals surface area contributed by atoms with Crippen LogP contribution in [0.15, 0.2) is 42.1 Å². The Hall–Kier alpha value is -2.45. The van der Waals surface area contributed by atoms with E-state index < -0.39 is 10.0 Å². The highest BCUT2D eigenvalue weighted by atomic mass is 32.2. The molecule has 7 nitrogen and oxygen atoms in total. The largest absolute Gasteiger partial charge is 0.477 e. The lowest BCUT2D eigenvalue weighted by Crippen LogP contribution is -2.43. The summed E-state index contributed by atoms with van der Waals surface area (Å²) < 4.78 is 37.8. The number of methoxy groups -OCH3 is 1. The summed E-state index contributed by atoms with van der Waals surface area (Å²) in [5.41, 5.74) is 1.98. The lowest BCUT2D eigenvalue weighted by molar-refractivity contribution is 0.120. The van der Waals surface area contributed by atoms with Gasteiger partial charge in [-0.05, 0) is 31.4 Å². The number of hydrogen-bond acceptors (Lipinski definition) is 6. The van der Waals surface area contributed by atoms with E-state index in [1.165, 1.54) is 29.2 Å². The lowest BCUT2D eigenvalue weighted by Gasteiger charge is -2.31. The zero-order chi connectivity index (χ0) is 19.3. The molecule has 1 aromatic heterocycles. The number of rotatable bonds is 6. The van der Waals surface area contributed by atoms with Crippen molar-refractivity contribution in [1.29, 1.82) is 0 Å². The van der Waals surface area contributed by atoms with Crippen molar-refractivity contribution < 1.29 is 17.9 Å². The molecule has 3 rings (SSSR count). The highest BCUT2D eigenvalue weighted by Crippen LogP contribution is 2.25. The van der Waals surface area contributed by atoms with Gasteiger partial charge in [0.05, 0.1) is 13.7 Å².